The van der Waals surface area contributed by atoms with Crippen LogP contribution in [-0.2, 0) is 13.0 Å². The van der Waals surface area contributed by atoms with Gasteiger partial charge in [0.2, 0.25) is 0 Å². The van der Waals surface area contributed by atoms with E-state index in [0.717, 1.165) is 36.8 Å². The minimum atomic E-state index is 0. The van der Waals surface area contributed by atoms with Crippen LogP contribution >= 0.6 is 35.3 Å². The molecule has 0 aliphatic heterocycles. The van der Waals surface area contributed by atoms with Crippen molar-refractivity contribution in [2.45, 2.75) is 19.9 Å². The summed E-state index contributed by atoms with van der Waals surface area (Å²) >= 11 is 1.70. The van der Waals surface area contributed by atoms with Crippen molar-refractivity contribution in [1.29, 1.82) is 0 Å². The fourth-order valence-electron chi connectivity index (χ4n) is 2.31. The molecule has 0 aromatic carbocycles. The van der Waals surface area contributed by atoms with Crippen molar-refractivity contribution in [3.63, 3.8) is 0 Å². The lowest BCUT2D eigenvalue weighted by Crippen LogP contribution is -2.38. The molecule has 0 spiro atoms. The zero-order valence-electron chi connectivity index (χ0n) is 13.6. The van der Waals surface area contributed by atoms with Gasteiger partial charge in [-0.1, -0.05) is 6.07 Å². The largest absolute Gasteiger partial charge is 0.357 e. The lowest BCUT2D eigenvalue weighted by atomic mass is 10.3. The summed E-state index contributed by atoms with van der Waals surface area (Å²) in [6.07, 6.45) is 4.96. The van der Waals surface area contributed by atoms with Crippen molar-refractivity contribution in [3.8, 4) is 0 Å². The molecule has 24 heavy (non-hydrogen) atoms. The molecule has 7 heteroatoms. The van der Waals surface area contributed by atoms with E-state index in [1.807, 2.05) is 28.8 Å². The summed E-state index contributed by atoms with van der Waals surface area (Å²) in [5, 5.41) is 10.9. The van der Waals surface area contributed by atoms with Crippen molar-refractivity contribution in [3.05, 3.63) is 58.7 Å². The van der Waals surface area contributed by atoms with Gasteiger partial charge in [-0.05, 0) is 41.4 Å². The Morgan fingerprint density at radius 1 is 1.29 bits per heavy atom. The second-order valence-electron chi connectivity index (χ2n) is 5.20. The van der Waals surface area contributed by atoms with E-state index in [-0.39, 0.29) is 24.0 Å². The molecule has 0 unspecified atom stereocenters. The smallest absolute Gasteiger partial charge is 0.191 e. The number of aromatic nitrogens is 2. The van der Waals surface area contributed by atoms with Crippen LogP contribution in [-0.4, -0.2) is 28.4 Å². The zero-order valence-corrected chi connectivity index (χ0v) is 16.8. The summed E-state index contributed by atoms with van der Waals surface area (Å²) in [7, 11) is 0. The minimum absolute atomic E-state index is 0. The molecule has 0 bridgehead atoms. The van der Waals surface area contributed by atoms with Gasteiger partial charge in [0.25, 0.3) is 0 Å². The first-order chi connectivity index (χ1) is 11.3. The topological polar surface area (TPSA) is 53.7 Å². The van der Waals surface area contributed by atoms with Gasteiger partial charge >= 0.3 is 0 Å². The van der Waals surface area contributed by atoms with Crippen LogP contribution in [0.5, 0.6) is 0 Å². The summed E-state index contributed by atoms with van der Waals surface area (Å²) in [6, 6.07) is 8.14. The van der Waals surface area contributed by atoms with E-state index in [1.165, 1.54) is 5.56 Å². The van der Waals surface area contributed by atoms with E-state index in [1.54, 1.807) is 11.3 Å². The number of pyridine rings is 1. The molecule has 128 valence electrons. The second-order valence-corrected chi connectivity index (χ2v) is 5.98. The van der Waals surface area contributed by atoms with Gasteiger partial charge in [-0.15, -0.1) is 24.0 Å². The van der Waals surface area contributed by atoms with Crippen molar-refractivity contribution in [2.24, 2.45) is 4.99 Å². The van der Waals surface area contributed by atoms with Gasteiger partial charge in [0.15, 0.2) is 5.96 Å². The second kappa shape index (κ2) is 9.63. The highest BCUT2D eigenvalue weighted by molar-refractivity contribution is 14.0. The number of nitrogens with one attached hydrogen (secondary N) is 2. The van der Waals surface area contributed by atoms with Crippen LogP contribution in [0.4, 0.5) is 0 Å². The first kappa shape index (κ1) is 18.7. The molecule has 0 radical (unpaired) electrons. The third-order valence-electron chi connectivity index (χ3n) is 3.43. The van der Waals surface area contributed by atoms with Gasteiger partial charge in [-0.25, -0.2) is 9.98 Å². The average Bonchev–Trinajstić information content (AvgIpc) is 3.21. The molecule has 2 N–H and O–H groups in total. The third-order valence-corrected chi connectivity index (χ3v) is 4.16. The molecule has 3 rings (SSSR count). The Bertz CT molecular complexity index is 733. The van der Waals surface area contributed by atoms with Crippen molar-refractivity contribution in [2.75, 3.05) is 13.1 Å². The summed E-state index contributed by atoms with van der Waals surface area (Å²) in [5.74, 6) is 0.850. The van der Waals surface area contributed by atoms with Crippen LogP contribution in [0.25, 0.3) is 5.65 Å². The number of aliphatic imine (C=N–C) groups is 1. The summed E-state index contributed by atoms with van der Waals surface area (Å²) in [4.78, 5) is 9.21. The molecule has 3 aromatic heterocycles. The number of rotatable bonds is 6. The van der Waals surface area contributed by atoms with Crippen LogP contribution in [0, 0.1) is 0 Å². The lowest BCUT2D eigenvalue weighted by molar-refractivity contribution is 0.791. The van der Waals surface area contributed by atoms with Gasteiger partial charge in [0, 0.05) is 31.9 Å². The van der Waals surface area contributed by atoms with Gasteiger partial charge < -0.3 is 15.0 Å². The van der Waals surface area contributed by atoms with E-state index in [2.05, 4.69) is 50.6 Å². The maximum atomic E-state index is 4.61. The van der Waals surface area contributed by atoms with Gasteiger partial charge in [0.05, 0.1) is 12.2 Å². The average molecular weight is 455 g/mol. The summed E-state index contributed by atoms with van der Waals surface area (Å²) < 4.78 is 2.05. The number of fused-ring (bicyclic) bond motifs is 1. The summed E-state index contributed by atoms with van der Waals surface area (Å²) in [5.41, 5.74) is 3.31. The molecule has 3 heterocycles. The minimum Gasteiger partial charge on any atom is -0.357 e. The number of imidazole rings is 1. The van der Waals surface area contributed by atoms with Crippen molar-refractivity contribution in [1.82, 2.24) is 20.0 Å². The molecule has 0 saturated carbocycles. The Hall–Kier alpha value is -1.61. The molecule has 0 aliphatic carbocycles. The Morgan fingerprint density at radius 2 is 2.21 bits per heavy atom. The van der Waals surface area contributed by atoms with Crippen molar-refractivity contribution < 1.29 is 0 Å². The summed E-state index contributed by atoms with van der Waals surface area (Å²) in [6.45, 7) is 4.43. The van der Waals surface area contributed by atoms with Crippen LogP contribution in [0.2, 0.25) is 0 Å². The highest BCUT2D eigenvalue weighted by Gasteiger charge is 2.02. The van der Waals surface area contributed by atoms with E-state index in [0.29, 0.717) is 6.54 Å². The van der Waals surface area contributed by atoms with Crippen LogP contribution in [0.1, 0.15) is 18.2 Å². The monoisotopic (exact) mass is 455 g/mol. The molecule has 3 aromatic rings. The van der Waals surface area contributed by atoms with E-state index in [4.69, 9.17) is 0 Å². The normalized spacial score (nSPS) is 11.3. The molecule has 0 atom stereocenters. The van der Waals surface area contributed by atoms with E-state index < -0.39 is 0 Å². The number of hydrogen-bond acceptors (Lipinski definition) is 3. The van der Waals surface area contributed by atoms with Crippen molar-refractivity contribution >= 4 is 46.9 Å². The molecular weight excluding hydrogens is 433 g/mol. The SMILES string of the molecule is CCNC(=NCc1ccsc1)NCCc1cn2ccccc2n1.I. The first-order valence-corrected chi connectivity index (χ1v) is 8.75. The lowest BCUT2D eigenvalue weighted by Gasteiger charge is -2.10. The molecule has 5 nitrogen and oxygen atoms in total. The maximum absolute atomic E-state index is 4.61. The van der Waals surface area contributed by atoms with Gasteiger partial charge in [-0.2, -0.15) is 11.3 Å². The predicted molar refractivity (Wildman–Crippen MR) is 111 cm³/mol. The number of nitrogens with zero attached hydrogens (tertiary/aromatic N) is 3. The fraction of sp³-hybridized carbons (Fsp3) is 0.294. The highest BCUT2D eigenvalue weighted by atomic mass is 127. The molecule has 0 saturated heterocycles. The van der Waals surface area contributed by atoms with Gasteiger partial charge in [-0.3, -0.25) is 0 Å². The Labute approximate surface area is 163 Å². The zero-order chi connectivity index (χ0) is 15.9. The predicted octanol–water partition coefficient (Wildman–Crippen LogP) is 3.31. The Morgan fingerprint density at radius 3 is 2.96 bits per heavy atom. The quantitative estimate of drug-likeness (QED) is 0.341. The number of thiophene rings is 1. The number of guanidine groups is 1. The first-order valence-electron chi connectivity index (χ1n) is 7.81. The molecule has 0 fully saturated rings. The third kappa shape index (κ3) is 5.20. The van der Waals surface area contributed by atoms with Crippen LogP contribution < -0.4 is 10.6 Å². The number of hydrogen-bond donors (Lipinski definition) is 2. The van der Waals surface area contributed by atoms with E-state index >= 15 is 0 Å². The maximum Gasteiger partial charge on any atom is 0.191 e. The van der Waals surface area contributed by atoms with Crippen LogP contribution in [0.15, 0.2) is 52.4 Å². The molecular formula is C17H22IN5S. The Kier molecular flexibility index (Phi) is 7.51. The molecule has 0 aliphatic rings. The highest BCUT2D eigenvalue weighted by Crippen LogP contribution is 2.07. The van der Waals surface area contributed by atoms with E-state index in [9.17, 15) is 0 Å². The standard InChI is InChI=1S/C17H21N5S.HI/c1-2-18-17(20-11-14-7-10-23-13-14)19-8-6-15-12-22-9-4-3-5-16(22)21-15;/h3-5,7,9-10,12-13H,2,6,8,11H2,1H3,(H2,18,19,20);1H. The number of halogens is 1. The fourth-order valence-corrected chi connectivity index (χ4v) is 2.97. The Balaban J connectivity index is 0.00000208. The molecule has 0 amide bonds. The van der Waals surface area contributed by atoms with Gasteiger partial charge in [0.1, 0.15) is 5.65 Å². The van der Waals surface area contributed by atoms with Crippen LogP contribution in [0.3, 0.4) is 0 Å².